The monoisotopic (exact) mass is 295 g/mol. The van der Waals surface area contributed by atoms with Crippen molar-refractivity contribution < 1.29 is 9.59 Å². The van der Waals surface area contributed by atoms with Gasteiger partial charge >= 0.3 is 0 Å². The van der Waals surface area contributed by atoms with Crippen molar-refractivity contribution in [2.45, 2.75) is 19.3 Å². The Morgan fingerprint density at radius 3 is 2.60 bits per heavy atom. The quantitative estimate of drug-likeness (QED) is 0.833. The van der Waals surface area contributed by atoms with Gasteiger partial charge in [-0.15, -0.1) is 0 Å². The zero-order valence-corrected chi connectivity index (χ0v) is 11.9. The van der Waals surface area contributed by atoms with Crippen LogP contribution in [-0.2, 0) is 4.79 Å². The second-order valence-corrected chi connectivity index (χ2v) is 5.29. The molecule has 0 spiro atoms. The van der Waals surface area contributed by atoms with Crippen LogP contribution in [-0.4, -0.2) is 36.3 Å². The van der Waals surface area contributed by atoms with Crippen LogP contribution >= 0.6 is 11.6 Å². The minimum atomic E-state index is -0.357. The van der Waals surface area contributed by atoms with E-state index in [9.17, 15) is 9.59 Å². The Labute approximate surface area is 123 Å². The summed E-state index contributed by atoms with van der Waals surface area (Å²) in [6.45, 7) is 1.55. The van der Waals surface area contributed by atoms with Gasteiger partial charge in [-0.3, -0.25) is 9.59 Å². The summed E-state index contributed by atoms with van der Waals surface area (Å²) in [4.78, 5) is 25.7. The van der Waals surface area contributed by atoms with E-state index in [2.05, 4.69) is 5.32 Å². The number of amides is 2. The summed E-state index contributed by atoms with van der Waals surface area (Å²) < 4.78 is 0. The van der Waals surface area contributed by atoms with Crippen molar-refractivity contribution in [3.8, 4) is 0 Å². The van der Waals surface area contributed by atoms with Gasteiger partial charge in [0, 0.05) is 23.8 Å². The van der Waals surface area contributed by atoms with Gasteiger partial charge in [-0.05, 0) is 37.5 Å². The van der Waals surface area contributed by atoms with Crippen LogP contribution in [0, 0.1) is 0 Å². The molecule has 108 valence electrons. The molecule has 1 aromatic carbocycles. The molecule has 0 aliphatic carbocycles. The fraction of sp³-hybridized carbons (Fsp3) is 0.429. The van der Waals surface area contributed by atoms with Gasteiger partial charge in [0.1, 0.15) is 0 Å². The number of rotatable bonds is 3. The van der Waals surface area contributed by atoms with Crippen molar-refractivity contribution >= 4 is 29.1 Å². The number of nitrogens with two attached hydrogens (primary N) is 1. The molecule has 1 aliphatic heterocycles. The number of carbonyl (C=O) groups is 2. The van der Waals surface area contributed by atoms with E-state index in [0.717, 1.165) is 32.4 Å². The van der Waals surface area contributed by atoms with Gasteiger partial charge in [0.2, 0.25) is 5.91 Å². The van der Waals surface area contributed by atoms with Gasteiger partial charge in [-0.2, -0.15) is 0 Å². The van der Waals surface area contributed by atoms with Crippen LogP contribution < -0.4 is 11.1 Å². The molecule has 0 bridgehead atoms. The third-order valence-corrected chi connectivity index (χ3v) is 3.60. The van der Waals surface area contributed by atoms with Gasteiger partial charge in [0.15, 0.2) is 0 Å². The Bertz CT molecular complexity index is 513. The zero-order chi connectivity index (χ0) is 14.5. The van der Waals surface area contributed by atoms with E-state index in [4.69, 9.17) is 17.3 Å². The van der Waals surface area contributed by atoms with Crippen LogP contribution in [0.1, 0.15) is 29.6 Å². The largest absolute Gasteiger partial charge is 0.398 e. The molecule has 1 aliphatic rings. The third-order valence-electron chi connectivity index (χ3n) is 3.37. The lowest BCUT2D eigenvalue weighted by atomic mass is 10.1. The number of nitrogen functional groups attached to an aromatic ring is 1. The molecule has 5 nitrogen and oxygen atoms in total. The number of nitrogens with one attached hydrogen (secondary N) is 1. The Hall–Kier alpha value is -1.75. The van der Waals surface area contributed by atoms with Crippen molar-refractivity contribution in [3.63, 3.8) is 0 Å². The summed E-state index contributed by atoms with van der Waals surface area (Å²) in [7, 11) is 0. The Kier molecular flexibility index (Phi) is 4.84. The molecule has 0 unspecified atom stereocenters. The lowest BCUT2D eigenvalue weighted by Gasteiger charge is -2.26. The lowest BCUT2D eigenvalue weighted by molar-refractivity contribution is -0.130. The predicted octanol–water partition coefficient (Wildman–Crippen LogP) is 1.66. The summed E-state index contributed by atoms with van der Waals surface area (Å²) >= 11 is 5.78. The van der Waals surface area contributed by atoms with Crippen LogP contribution in [0.3, 0.4) is 0 Å². The van der Waals surface area contributed by atoms with Crippen molar-refractivity contribution in [1.29, 1.82) is 0 Å². The summed E-state index contributed by atoms with van der Waals surface area (Å²) in [6, 6.07) is 4.67. The number of hydrogen-bond acceptors (Lipinski definition) is 3. The number of nitrogens with zero attached hydrogens (tertiary/aromatic N) is 1. The highest BCUT2D eigenvalue weighted by Crippen LogP contribution is 2.17. The molecule has 0 aromatic heterocycles. The molecule has 1 fully saturated rings. The van der Waals surface area contributed by atoms with Crippen LogP contribution in [0.15, 0.2) is 18.2 Å². The van der Waals surface area contributed by atoms with Crippen LogP contribution in [0.25, 0.3) is 0 Å². The second kappa shape index (κ2) is 6.61. The number of benzene rings is 1. The minimum absolute atomic E-state index is 0.000893. The molecule has 0 saturated carbocycles. The first-order valence-electron chi connectivity index (χ1n) is 6.69. The number of hydrogen-bond donors (Lipinski definition) is 2. The van der Waals surface area contributed by atoms with Crippen molar-refractivity contribution in [2.75, 3.05) is 25.4 Å². The van der Waals surface area contributed by atoms with Gasteiger partial charge in [-0.1, -0.05) is 11.6 Å². The highest BCUT2D eigenvalue weighted by molar-refractivity contribution is 6.31. The van der Waals surface area contributed by atoms with E-state index >= 15 is 0 Å². The number of anilines is 1. The molecule has 1 aromatic rings. The first kappa shape index (κ1) is 14.7. The highest BCUT2D eigenvalue weighted by Gasteiger charge is 2.17. The summed E-state index contributed by atoms with van der Waals surface area (Å²) in [5.41, 5.74) is 6.37. The average Bonchev–Trinajstić information content (AvgIpc) is 2.45. The lowest BCUT2D eigenvalue weighted by Crippen LogP contribution is -2.42. The second-order valence-electron chi connectivity index (χ2n) is 4.86. The maximum Gasteiger partial charge on any atom is 0.253 e. The number of piperidine rings is 1. The molecular weight excluding hydrogens is 278 g/mol. The molecule has 1 heterocycles. The normalized spacial score (nSPS) is 14.9. The van der Waals surface area contributed by atoms with E-state index in [1.165, 1.54) is 6.07 Å². The first-order chi connectivity index (χ1) is 9.58. The topological polar surface area (TPSA) is 75.4 Å². The van der Waals surface area contributed by atoms with E-state index in [1.54, 1.807) is 17.0 Å². The third kappa shape index (κ3) is 3.63. The average molecular weight is 296 g/mol. The summed E-state index contributed by atoms with van der Waals surface area (Å²) in [5, 5.41) is 3.08. The smallest absolute Gasteiger partial charge is 0.253 e. The number of likely N-dealkylation sites (tertiary alicyclic amines) is 1. The van der Waals surface area contributed by atoms with E-state index in [0.29, 0.717) is 16.3 Å². The highest BCUT2D eigenvalue weighted by atomic mass is 35.5. The van der Waals surface area contributed by atoms with Crippen LogP contribution in [0.2, 0.25) is 5.02 Å². The molecular formula is C14H18ClN3O2. The van der Waals surface area contributed by atoms with Crippen LogP contribution in [0.4, 0.5) is 5.69 Å². The van der Waals surface area contributed by atoms with E-state index < -0.39 is 0 Å². The molecule has 6 heteroatoms. The van der Waals surface area contributed by atoms with Gasteiger partial charge in [-0.25, -0.2) is 0 Å². The fourth-order valence-corrected chi connectivity index (χ4v) is 2.43. The molecule has 0 radical (unpaired) electrons. The molecule has 20 heavy (non-hydrogen) atoms. The summed E-state index contributed by atoms with van der Waals surface area (Å²) in [5.74, 6) is -0.407. The maximum atomic E-state index is 12.0. The van der Waals surface area contributed by atoms with Crippen molar-refractivity contribution in [3.05, 3.63) is 28.8 Å². The maximum absolute atomic E-state index is 12.0. The zero-order valence-electron chi connectivity index (χ0n) is 11.2. The predicted molar refractivity (Wildman–Crippen MR) is 78.6 cm³/mol. The van der Waals surface area contributed by atoms with Crippen molar-refractivity contribution in [2.24, 2.45) is 0 Å². The number of halogens is 1. The SMILES string of the molecule is Nc1cc(Cl)ccc1C(=O)NCC(=O)N1CCCCC1. The van der Waals surface area contributed by atoms with Crippen LogP contribution in [0.5, 0.6) is 0 Å². The van der Waals surface area contributed by atoms with Gasteiger partial charge in [0.25, 0.3) is 5.91 Å². The molecule has 3 N–H and O–H groups in total. The van der Waals surface area contributed by atoms with E-state index in [-0.39, 0.29) is 18.4 Å². The van der Waals surface area contributed by atoms with E-state index in [1.807, 2.05) is 0 Å². The fourth-order valence-electron chi connectivity index (χ4n) is 2.25. The van der Waals surface area contributed by atoms with Gasteiger partial charge < -0.3 is 16.0 Å². The molecule has 0 atom stereocenters. The van der Waals surface area contributed by atoms with Crippen molar-refractivity contribution in [1.82, 2.24) is 10.2 Å². The summed E-state index contributed by atoms with van der Waals surface area (Å²) in [6.07, 6.45) is 3.23. The molecule has 2 rings (SSSR count). The Morgan fingerprint density at radius 2 is 1.95 bits per heavy atom. The van der Waals surface area contributed by atoms with Gasteiger partial charge in [0.05, 0.1) is 12.1 Å². The molecule has 2 amide bonds. The molecule has 1 saturated heterocycles. The minimum Gasteiger partial charge on any atom is -0.398 e. The Morgan fingerprint density at radius 1 is 1.25 bits per heavy atom. The number of carbonyl (C=O) groups excluding carboxylic acids is 2. The Balaban J connectivity index is 1.89. The standard InChI is InChI=1S/C14H18ClN3O2/c15-10-4-5-11(12(16)8-10)14(20)17-9-13(19)18-6-2-1-3-7-18/h4-5,8H,1-3,6-7,9,16H2,(H,17,20). The first-order valence-corrected chi connectivity index (χ1v) is 7.07.